The molecule has 0 aliphatic heterocycles. The van der Waals surface area contributed by atoms with Gasteiger partial charge >= 0.3 is 0 Å². The standard InChI is InChI=1S/C19H31NSi/c1-8-17-13-20(19-12-10-9-11-18(17)19)21(14(2)3,15(4)5)16(6)7/h9-16H,8H2,1-7H3. The Balaban J connectivity index is 2.83. The van der Waals surface area contributed by atoms with Crippen molar-refractivity contribution in [3.05, 3.63) is 36.0 Å². The van der Waals surface area contributed by atoms with E-state index in [2.05, 4.69) is 83.2 Å². The molecule has 0 spiro atoms. The van der Waals surface area contributed by atoms with Gasteiger partial charge in [-0.05, 0) is 40.9 Å². The van der Waals surface area contributed by atoms with Crippen molar-refractivity contribution in [1.82, 2.24) is 4.23 Å². The largest absolute Gasteiger partial charge is 0.373 e. The molecule has 1 heterocycles. The van der Waals surface area contributed by atoms with E-state index in [0.29, 0.717) is 0 Å². The fourth-order valence-corrected chi connectivity index (χ4v) is 11.3. The van der Waals surface area contributed by atoms with E-state index in [0.717, 1.165) is 23.0 Å². The lowest BCUT2D eigenvalue weighted by Gasteiger charge is -2.44. The highest BCUT2D eigenvalue weighted by Crippen LogP contribution is 2.44. The van der Waals surface area contributed by atoms with E-state index < -0.39 is 8.24 Å². The molecule has 0 fully saturated rings. The minimum atomic E-state index is -1.65. The van der Waals surface area contributed by atoms with E-state index in [-0.39, 0.29) is 0 Å². The lowest BCUT2D eigenvalue weighted by atomic mass is 10.1. The molecule has 1 nitrogen and oxygen atoms in total. The highest BCUT2D eigenvalue weighted by Gasteiger charge is 2.45. The maximum atomic E-state index is 2.74. The van der Waals surface area contributed by atoms with E-state index >= 15 is 0 Å². The lowest BCUT2D eigenvalue weighted by molar-refractivity contribution is 0.772. The second-order valence-electron chi connectivity index (χ2n) is 7.25. The summed E-state index contributed by atoms with van der Waals surface area (Å²) in [5, 5.41) is 1.46. The fourth-order valence-electron chi connectivity index (χ4n) is 4.69. The Morgan fingerprint density at radius 1 is 0.905 bits per heavy atom. The number of aryl methyl sites for hydroxylation is 1. The number of benzene rings is 1. The Labute approximate surface area is 131 Å². The Kier molecular flexibility index (Phi) is 4.67. The summed E-state index contributed by atoms with van der Waals surface area (Å²) in [6.45, 7) is 16.9. The van der Waals surface area contributed by atoms with Crippen LogP contribution in [0.15, 0.2) is 30.5 Å². The first kappa shape index (κ1) is 16.3. The molecule has 0 saturated carbocycles. The van der Waals surface area contributed by atoms with Crippen LogP contribution < -0.4 is 0 Å². The monoisotopic (exact) mass is 301 g/mol. The molecule has 1 aromatic carbocycles. The zero-order valence-corrected chi connectivity index (χ0v) is 15.8. The van der Waals surface area contributed by atoms with Gasteiger partial charge in [-0.2, -0.15) is 0 Å². The summed E-state index contributed by atoms with van der Waals surface area (Å²) >= 11 is 0. The number of para-hydroxylation sites is 1. The molecule has 0 unspecified atom stereocenters. The molecular weight excluding hydrogens is 270 g/mol. The molecule has 0 N–H and O–H groups in total. The third kappa shape index (κ3) is 2.38. The zero-order chi connectivity index (χ0) is 15.8. The van der Waals surface area contributed by atoms with Gasteiger partial charge < -0.3 is 4.23 Å². The molecule has 1 aromatic heterocycles. The van der Waals surface area contributed by atoms with E-state index in [1.807, 2.05) is 0 Å². The van der Waals surface area contributed by atoms with Crippen molar-refractivity contribution in [2.45, 2.75) is 71.5 Å². The van der Waals surface area contributed by atoms with Crippen LogP contribution in [0.1, 0.15) is 54.0 Å². The van der Waals surface area contributed by atoms with Crippen LogP contribution in [0.3, 0.4) is 0 Å². The molecule has 0 atom stereocenters. The highest BCUT2D eigenvalue weighted by molar-refractivity contribution is 6.82. The van der Waals surface area contributed by atoms with Crippen molar-refractivity contribution in [1.29, 1.82) is 0 Å². The topological polar surface area (TPSA) is 4.93 Å². The van der Waals surface area contributed by atoms with Crippen LogP contribution in [-0.4, -0.2) is 12.5 Å². The third-order valence-electron chi connectivity index (χ3n) is 5.37. The van der Waals surface area contributed by atoms with Gasteiger partial charge in [0.05, 0.1) is 0 Å². The number of fused-ring (bicyclic) bond motifs is 1. The Morgan fingerprint density at radius 2 is 1.43 bits per heavy atom. The first-order chi connectivity index (χ1) is 9.87. The van der Waals surface area contributed by atoms with Crippen molar-refractivity contribution in [2.75, 3.05) is 0 Å². The maximum absolute atomic E-state index is 2.74. The first-order valence-corrected chi connectivity index (χ1v) is 10.6. The number of rotatable bonds is 5. The molecule has 0 aliphatic carbocycles. The molecule has 2 aromatic rings. The van der Waals surface area contributed by atoms with Gasteiger partial charge in [-0.3, -0.25) is 0 Å². The van der Waals surface area contributed by atoms with E-state index in [4.69, 9.17) is 0 Å². The summed E-state index contributed by atoms with van der Waals surface area (Å²) in [7, 11) is -1.65. The molecular formula is C19H31NSi. The zero-order valence-electron chi connectivity index (χ0n) is 14.8. The second kappa shape index (κ2) is 6.00. The molecule has 2 rings (SSSR count). The lowest BCUT2D eigenvalue weighted by Crippen LogP contribution is -2.51. The van der Waals surface area contributed by atoms with Gasteiger partial charge in [0.15, 0.2) is 8.24 Å². The molecule has 0 saturated heterocycles. The van der Waals surface area contributed by atoms with Gasteiger partial charge in [0.2, 0.25) is 0 Å². The normalized spacial score (nSPS) is 13.0. The summed E-state index contributed by atoms with van der Waals surface area (Å²) in [4.78, 5) is 0. The van der Waals surface area contributed by atoms with Gasteiger partial charge in [0.25, 0.3) is 0 Å². The van der Waals surface area contributed by atoms with Crippen molar-refractivity contribution in [3.63, 3.8) is 0 Å². The van der Waals surface area contributed by atoms with Gasteiger partial charge in [0.1, 0.15) is 0 Å². The third-order valence-corrected chi connectivity index (χ3v) is 12.1. The van der Waals surface area contributed by atoms with Crippen LogP contribution in [0.4, 0.5) is 0 Å². The van der Waals surface area contributed by atoms with Crippen LogP contribution in [0.5, 0.6) is 0 Å². The number of hydrogen-bond donors (Lipinski definition) is 0. The highest BCUT2D eigenvalue weighted by atomic mass is 28.3. The summed E-state index contributed by atoms with van der Waals surface area (Å²) in [6.07, 6.45) is 3.60. The Morgan fingerprint density at radius 3 is 1.90 bits per heavy atom. The molecule has 0 radical (unpaired) electrons. The summed E-state index contributed by atoms with van der Waals surface area (Å²) < 4.78 is 2.74. The van der Waals surface area contributed by atoms with Gasteiger partial charge in [0, 0.05) is 10.9 Å². The van der Waals surface area contributed by atoms with Crippen molar-refractivity contribution >= 4 is 19.1 Å². The first-order valence-electron chi connectivity index (χ1n) is 8.46. The number of aromatic nitrogens is 1. The van der Waals surface area contributed by atoms with Crippen molar-refractivity contribution < 1.29 is 0 Å². The van der Waals surface area contributed by atoms with Crippen molar-refractivity contribution in [3.8, 4) is 0 Å². The van der Waals surface area contributed by atoms with Crippen LogP contribution >= 0.6 is 0 Å². The van der Waals surface area contributed by atoms with E-state index in [1.165, 1.54) is 16.5 Å². The quantitative estimate of drug-likeness (QED) is 0.577. The van der Waals surface area contributed by atoms with Crippen LogP contribution in [0, 0.1) is 0 Å². The average Bonchev–Trinajstić information content (AvgIpc) is 2.78. The molecule has 116 valence electrons. The Hall–Kier alpha value is -1.02. The van der Waals surface area contributed by atoms with Crippen LogP contribution in [0.25, 0.3) is 10.9 Å². The molecule has 0 amide bonds. The molecule has 21 heavy (non-hydrogen) atoms. The van der Waals surface area contributed by atoms with Crippen LogP contribution in [0.2, 0.25) is 16.6 Å². The van der Waals surface area contributed by atoms with Gasteiger partial charge in [-0.25, -0.2) is 0 Å². The van der Waals surface area contributed by atoms with Crippen molar-refractivity contribution in [2.24, 2.45) is 0 Å². The minimum absolute atomic E-state index is 0.734. The van der Waals surface area contributed by atoms with Gasteiger partial charge in [-0.15, -0.1) is 0 Å². The predicted molar refractivity (Wildman–Crippen MR) is 97.8 cm³/mol. The molecule has 0 bridgehead atoms. The summed E-state index contributed by atoms with van der Waals surface area (Å²) in [5.74, 6) is 0. The maximum Gasteiger partial charge on any atom is 0.169 e. The summed E-state index contributed by atoms with van der Waals surface area (Å²) in [6, 6.07) is 8.99. The van der Waals surface area contributed by atoms with Crippen LogP contribution in [-0.2, 0) is 6.42 Å². The minimum Gasteiger partial charge on any atom is -0.373 e. The number of hydrogen-bond acceptors (Lipinski definition) is 0. The number of nitrogens with zero attached hydrogens (tertiary/aromatic N) is 1. The average molecular weight is 302 g/mol. The predicted octanol–water partition coefficient (Wildman–Crippen LogP) is 6.23. The van der Waals surface area contributed by atoms with Gasteiger partial charge in [-0.1, -0.05) is 66.7 Å². The fraction of sp³-hybridized carbons (Fsp3) is 0.579. The molecule has 2 heteroatoms. The summed E-state index contributed by atoms with van der Waals surface area (Å²) in [5.41, 5.74) is 5.16. The Bertz CT molecular complexity index is 585. The smallest absolute Gasteiger partial charge is 0.169 e. The molecule has 0 aliphatic rings. The van der Waals surface area contributed by atoms with E-state index in [9.17, 15) is 0 Å². The SMILES string of the molecule is CCc1cn([Si](C(C)C)(C(C)C)C(C)C)c2ccccc12. The van der Waals surface area contributed by atoms with E-state index in [1.54, 1.807) is 0 Å². The second-order valence-corrected chi connectivity index (χ2v) is 13.0.